The molecule has 2 aromatic heterocycles. The Balaban J connectivity index is 1.96. The van der Waals surface area contributed by atoms with E-state index < -0.39 is 0 Å². The van der Waals surface area contributed by atoms with Gasteiger partial charge in [-0.2, -0.15) is 4.98 Å². The van der Waals surface area contributed by atoms with Crippen LogP contribution in [0.3, 0.4) is 0 Å². The van der Waals surface area contributed by atoms with Gasteiger partial charge in [-0.15, -0.1) is 0 Å². The molecule has 0 spiro atoms. The van der Waals surface area contributed by atoms with Gasteiger partial charge in [0, 0.05) is 12.7 Å². The van der Waals surface area contributed by atoms with Crippen molar-refractivity contribution in [3.8, 4) is 0 Å². The molecule has 0 saturated heterocycles. The first-order valence-corrected chi connectivity index (χ1v) is 5.21. The minimum atomic E-state index is 0.621. The van der Waals surface area contributed by atoms with Gasteiger partial charge in [0.1, 0.15) is 11.6 Å². The van der Waals surface area contributed by atoms with Crippen LogP contribution in [0.4, 0.5) is 11.8 Å². The molecule has 0 aliphatic rings. The zero-order valence-electron chi connectivity index (χ0n) is 9.10. The molecule has 0 amide bonds. The van der Waals surface area contributed by atoms with Crippen molar-refractivity contribution in [3.05, 3.63) is 36.4 Å². The van der Waals surface area contributed by atoms with Crippen LogP contribution in [0.5, 0.6) is 0 Å². The second-order valence-electron chi connectivity index (χ2n) is 3.23. The van der Waals surface area contributed by atoms with Gasteiger partial charge in [0.25, 0.3) is 0 Å². The molecule has 0 atom stereocenters. The molecule has 0 radical (unpaired) electrons. The Labute approximate surface area is 93.9 Å². The molecule has 2 aromatic rings. The van der Waals surface area contributed by atoms with Gasteiger partial charge in [-0.3, -0.25) is 0 Å². The lowest BCUT2D eigenvalue weighted by Gasteiger charge is -2.05. The van der Waals surface area contributed by atoms with E-state index in [1.54, 1.807) is 12.5 Å². The first-order valence-electron chi connectivity index (χ1n) is 5.21. The van der Waals surface area contributed by atoms with Crippen LogP contribution in [-0.2, 0) is 6.54 Å². The topological polar surface area (TPSA) is 63.0 Å². The molecule has 0 aliphatic heterocycles. The number of anilines is 2. The summed E-state index contributed by atoms with van der Waals surface area (Å²) in [6.07, 6.45) is 3.37. The van der Waals surface area contributed by atoms with Gasteiger partial charge in [0.2, 0.25) is 5.95 Å². The molecule has 84 valence electrons. The fourth-order valence-corrected chi connectivity index (χ4v) is 1.29. The van der Waals surface area contributed by atoms with E-state index >= 15 is 0 Å². The van der Waals surface area contributed by atoms with E-state index in [2.05, 4.69) is 20.6 Å². The summed E-state index contributed by atoms with van der Waals surface area (Å²) in [4.78, 5) is 8.38. The fraction of sp³-hybridized carbons (Fsp3) is 0.273. The first kappa shape index (κ1) is 10.5. The minimum Gasteiger partial charge on any atom is -0.467 e. The lowest BCUT2D eigenvalue weighted by molar-refractivity contribution is 0.518. The lowest BCUT2D eigenvalue weighted by Crippen LogP contribution is -2.05. The summed E-state index contributed by atoms with van der Waals surface area (Å²) in [5, 5.41) is 6.22. The Bertz CT molecular complexity index is 427. The zero-order valence-corrected chi connectivity index (χ0v) is 9.10. The number of nitrogens with one attached hydrogen (secondary N) is 2. The molecule has 0 saturated carbocycles. The summed E-state index contributed by atoms with van der Waals surface area (Å²) in [5.41, 5.74) is 0. The number of hydrogen-bond donors (Lipinski definition) is 2. The van der Waals surface area contributed by atoms with E-state index in [0.29, 0.717) is 12.5 Å². The molecule has 0 aliphatic carbocycles. The standard InChI is InChI=1S/C11H14N4O/c1-2-12-11-13-6-5-10(15-11)14-8-9-4-3-7-16-9/h3-7H,2,8H2,1H3,(H2,12,13,14,15). The quantitative estimate of drug-likeness (QED) is 0.804. The van der Waals surface area contributed by atoms with Crippen LogP contribution in [0.15, 0.2) is 35.1 Å². The van der Waals surface area contributed by atoms with Crippen molar-refractivity contribution in [1.82, 2.24) is 9.97 Å². The smallest absolute Gasteiger partial charge is 0.224 e. The average molecular weight is 218 g/mol. The van der Waals surface area contributed by atoms with Crippen LogP contribution >= 0.6 is 0 Å². The Morgan fingerprint density at radius 2 is 2.25 bits per heavy atom. The van der Waals surface area contributed by atoms with E-state index in [0.717, 1.165) is 18.1 Å². The van der Waals surface area contributed by atoms with Crippen molar-refractivity contribution in [3.63, 3.8) is 0 Å². The van der Waals surface area contributed by atoms with Crippen LogP contribution in [0.2, 0.25) is 0 Å². The third-order valence-electron chi connectivity index (χ3n) is 2.01. The summed E-state index contributed by atoms with van der Waals surface area (Å²) in [6, 6.07) is 5.60. The van der Waals surface area contributed by atoms with Crippen molar-refractivity contribution in [1.29, 1.82) is 0 Å². The van der Waals surface area contributed by atoms with Gasteiger partial charge >= 0.3 is 0 Å². The predicted octanol–water partition coefficient (Wildman–Crippen LogP) is 2.11. The molecule has 5 nitrogen and oxygen atoms in total. The first-order chi connectivity index (χ1) is 7.88. The van der Waals surface area contributed by atoms with Crippen molar-refractivity contribution in [2.24, 2.45) is 0 Å². The van der Waals surface area contributed by atoms with Crippen LogP contribution in [0.25, 0.3) is 0 Å². The van der Waals surface area contributed by atoms with Crippen molar-refractivity contribution in [2.45, 2.75) is 13.5 Å². The molecular formula is C11H14N4O. The van der Waals surface area contributed by atoms with Crippen LogP contribution in [0, 0.1) is 0 Å². The monoisotopic (exact) mass is 218 g/mol. The summed E-state index contributed by atoms with van der Waals surface area (Å²) in [7, 11) is 0. The van der Waals surface area contributed by atoms with Gasteiger partial charge in [-0.1, -0.05) is 0 Å². The van der Waals surface area contributed by atoms with Crippen molar-refractivity contribution < 1.29 is 4.42 Å². The molecule has 0 aromatic carbocycles. The number of nitrogens with zero attached hydrogens (tertiary/aromatic N) is 2. The van der Waals surface area contributed by atoms with E-state index in [9.17, 15) is 0 Å². The highest BCUT2D eigenvalue weighted by Crippen LogP contribution is 2.08. The van der Waals surface area contributed by atoms with Gasteiger partial charge < -0.3 is 15.1 Å². The minimum absolute atomic E-state index is 0.621. The highest BCUT2D eigenvalue weighted by molar-refractivity contribution is 5.39. The highest BCUT2D eigenvalue weighted by Gasteiger charge is 1.99. The van der Waals surface area contributed by atoms with Crippen LogP contribution in [0.1, 0.15) is 12.7 Å². The summed E-state index contributed by atoms with van der Waals surface area (Å²) in [6.45, 7) is 3.43. The number of rotatable bonds is 5. The van der Waals surface area contributed by atoms with E-state index in [1.807, 2.05) is 25.1 Å². The van der Waals surface area contributed by atoms with E-state index in [-0.39, 0.29) is 0 Å². The molecule has 0 bridgehead atoms. The van der Waals surface area contributed by atoms with Gasteiger partial charge in [-0.25, -0.2) is 4.98 Å². The highest BCUT2D eigenvalue weighted by atomic mass is 16.3. The summed E-state index contributed by atoms with van der Waals surface area (Å²) in [5.74, 6) is 2.29. The molecule has 2 heterocycles. The summed E-state index contributed by atoms with van der Waals surface area (Å²) >= 11 is 0. The molecule has 0 unspecified atom stereocenters. The van der Waals surface area contributed by atoms with Crippen molar-refractivity contribution in [2.75, 3.05) is 17.2 Å². The zero-order chi connectivity index (χ0) is 11.2. The van der Waals surface area contributed by atoms with Gasteiger partial charge in [-0.05, 0) is 25.1 Å². The molecule has 0 fully saturated rings. The van der Waals surface area contributed by atoms with Crippen LogP contribution in [-0.4, -0.2) is 16.5 Å². The number of furan rings is 1. The summed E-state index contributed by atoms with van der Waals surface area (Å²) < 4.78 is 5.21. The third-order valence-corrected chi connectivity index (χ3v) is 2.01. The van der Waals surface area contributed by atoms with Crippen molar-refractivity contribution >= 4 is 11.8 Å². The van der Waals surface area contributed by atoms with Gasteiger partial charge in [0.15, 0.2) is 0 Å². The molecule has 5 heteroatoms. The molecular weight excluding hydrogens is 204 g/mol. The Kier molecular flexibility index (Phi) is 3.38. The fourth-order valence-electron chi connectivity index (χ4n) is 1.29. The molecule has 2 N–H and O–H groups in total. The largest absolute Gasteiger partial charge is 0.467 e. The second-order valence-corrected chi connectivity index (χ2v) is 3.23. The normalized spacial score (nSPS) is 10.1. The van der Waals surface area contributed by atoms with E-state index in [1.165, 1.54) is 0 Å². The second kappa shape index (κ2) is 5.16. The number of aromatic nitrogens is 2. The molecule has 2 rings (SSSR count). The Hall–Kier alpha value is -2.04. The maximum Gasteiger partial charge on any atom is 0.224 e. The maximum atomic E-state index is 5.21. The Morgan fingerprint density at radius 1 is 1.31 bits per heavy atom. The lowest BCUT2D eigenvalue weighted by atomic mass is 10.4. The van der Waals surface area contributed by atoms with E-state index in [4.69, 9.17) is 4.42 Å². The average Bonchev–Trinajstić information content (AvgIpc) is 2.80. The molecule has 16 heavy (non-hydrogen) atoms. The SMILES string of the molecule is CCNc1nccc(NCc2ccco2)n1. The number of hydrogen-bond acceptors (Lipinski definition) is 5. The van der Waals surface area contributed by atoms with Gasteiger partial charge in [0.05, 0.1) is 12.8 Å². The third kappa shape index (κ3) is 2.73. The predicted molar refractivity (Wildman–Crippen MR) is 62.2 cm³/mol. The maximum absolute atomic E-state index is 5.21. The Morgan fingerprint density at radius 3 is 3.00 bits per heavy atom. The van der Waals surface area contributed by atoms with Crippen LogP contribution < -0.4 is 10.6 Å².